The number of carbonyl (C=O) groups excluding carboxylic acids is 2. The van der Waals surface area contributed by atoms with E-state index in [-0.39, 0.29) is 5.13 Å². The van der Waals surface area contributed by atoms with Crippen LogP contribution >= 0.6 is 23.1 Å². The van der Waals surface area contributed by atoms with Gasteiger partial charge in [-0.15, -0.1) is 0 Å². The Morgan fingerprint density at radius 2 is 1.96 bits per heavy atom. The summed E-state index contributed by atoms with van der Waals surface area (Å²) in [5.74, 6) is -3.47. The Labute approximate surface area is 139 Å². The molecule has 0 aliphatic heterocycles. The first-order chi connectivity index (χ1) is 10.9. The van der Waals surface area contributed by atoms with Crippen LogP contribution < -0.4 is 5.32 Å². The second-order valence-corrected chi connectivity index (χ2v) is 6.34. The summed E-state index contributed by atoms with van der Waals surface area (Å²) in [6, 6.07) is 5.78. The monoisotopic (exact) mass is 358 g/mol. The van der Waals surface area contributed by atoms with E-state index in [2.05, 4.69) is 15.0 Å². The number of aromatic nitrogens is 1. The number of amides is 1. The smallest absolute Gasteiger partial charge is 0.350 e. The third kappa shape index (κ3) is 4.49. The van der Waals surface area contributed by atoms with Crippen molar-refractivity contribution in [1.82, 2.24) is 4.98 Å². The van der Waals surface area contributed by atoms with E-state index in [1.807, 2.05) is 0 Å². The molecule has 9 heteroatoms. The van der Waals surface area contributed by atoms with Gasteiger partial charge in [0.25, 0.3) is 11.7 Å². The van der Waals surface area contributed by atoms with Crippen molar-refractivity contribution in [3.63, 3.8) is 0 Å². The van der Waals surface area contributed by atoms with Gasteiger partial charge >= 0.3 is 5.97 Å². The largest absolute Gasteiger partial charge is 0.465 e. The van der Waals surface area contributed by atoms with Crippen molar-refractivity contribution >= 4 is 40.1 Å². The third-order valence-corrected chi connectivity index (χ3v) is 4.50. The summed E-state index contributed by atoms with van der Waals surface area (Å²) in [7, 11) is 1.26. The van der Waals surface area contributed by atoms with Crippen molar-refractivity contribution in [1.29, 1.82) is 0 Å². The van der Waals surface area contributed by atoms with E-state index >= 15 is 0 Å². The molecule has 0 radical (unpaired) electrons. The molecule has 23 heavy (non-hydrogen) atoms. The Hall–Kier alpha value is -2.00. The van der Waals surface area contributed by atoms with E-state index in [1.165, 1.54) is 31.4 Å². The van der Waals surface area contributed by atoms with Crippen LogP contribution in [0.3, 0.4) is 0 Å². The van der Waals surface area contributed by atoms with Gasteiger partial charge in [0.15, 0.2) is 5.13 Å². The lowest BCUT2D eigenvalue weighted by Gasteiger charge is -2.03. The van der Waals surface area contributed by atoms with E-state index in [9.17, 15) is 18.4 Å². The number of alkyl halides is 2. The maximum absolute atomic E-state index is 12.2. The van der Waals surface area contributed by atoms with Crippen molar-refractivity contribution < 1.29 is 23.1 Å². The number of hydrogen-bond donors (Lipinski definition) is 1. The van der Waals surface area contributed by atoms with Crippen LogP contribution in [0.2, 0.25) is 0 Å². The molecule has 0 atom stereocenters. The highest BCUT2D eigenvalue weighted by molar-refractivity contribution is 7.99. The molecule has 1 heterocycles. The minimum atomic E-state index is -2.51. The highest BCUT2D eigenvalue weighted by atomic mass is 32.2. The van der Waals surface area contributed by atoms with E-state index in [0.717, 1.165) is 11.3 Å². The molecule has 1 aromatic carbocycles. The fourth-order valence-electron chi connectivity index (χ4n) is 1.69. The Morgan fingerprint density at radius 3 is 2.52 bits per heavy atom. The topological polar surface area (TPSA) is 68.3 Å². The van der Waals surface area contributed by atoms with Crippen LogP contribution in [-0.2, 0) is 4.74 Å². The normalized spacial score (nSPS) is 10.7. The number of hydrogen-bond acceptors (Lipinski definition) is 6. The lowest BCUT2D eigenvalue weighted by atomic mass is 10.2. The predicted octanol–water partition coefficient (Wildman–Crippen LogP) is 3.81. The summed E-state index contributed by atoms with van der Waals surface area (Å²) in [6.07, 6.45) is 0. The van der Waals surface area contributed by atoms with Gasteiger partial charge in [-0.25, -0.2) is 9.78 Å². The summed E-state index contributed by atoms with van der Waals surface area (Å²) in [6.45, 7) is 1.63. The second kappa shape index (κ2) is 7.51. The first-order valence-electron chi connectivity index (χ1n) is 6.32. The fourth-order valence-corrected chi connectivity index (χ4v) is 3.07. The fraction of sp³-hybridized carbons (Fsp3) is 0.214. The Kier molecular flexibility index (Phi) is 5.67. The number of aryl methyl sites for hydroxylation is 1. The zero-order chi connectivity index (χ0) is 17.0. The Bertz CT molecular complexity index is 717. The lowest BCUT2D eigenvalue weighted by Crippen LogP contribution is -2.11. The van der Waals surface area contributed by atoms with Gasteiger partial charge in [-0.05, 0) is 31.2 Å². The zero-order valence-electron chi connectivity index (χ0n) is 12.1. The van der Waals surface area contributed by atoms with Gasteiger partial charge in [0.2, 0.25) is 0 Å². The number of ether oxygens (including phenoxy) is 1. The van der Waals surface area contributed by atoms with Crippen LogP contribution in [0.5, 0.6) is 0 Å². The predicted molar refractivity (Wildman–Crippen MR) is 84.4 cm³/mol. The van der Waals surface area contributed by atoms with Crippen molar-refractivity contribution in [3.8, 4) is 0 Å². The summed E-state index contributed by atoms with van der Waals surface area (Å²) >= 11 is 1.41. The molecule has 0 aliphatic carbocycles. The quantitative estimate of drug-likeness (QED) is 0.650. The molecular formula is C14H12F2N2O3S2. The van der Waals surface area contributed by atoms with Crippen LogP contribution in [0.4, 0.5) is 13.9 Å². The Balaban J connectivity index is 2.08. The average molecular weight is 358 g/mol. The minimum Gasteiger partial charge on any atom is -0.465 e. The number of methoxy groups -OCH3 is 1. The Morgan fingerprint density at radius 1 is 1.30 bits per heavy atom. The van der Waals surface area contributed by atoms with Crippen molar-refractivity contribution in [3.05, 3.63) is 40.4 Å². The van der Waals surface area contributed by atoms with Gasteiger partial charge in [0.05, 0.1) is 12.8 Å². The first kappa shape index (κ1) is 17.4. The van der Waals surface area contributed by atoms with Gasteiger partial charge in [-0.1, -0.05) is 23.1 Å². The van der Waals surface area contributed by atoms with E-state index < -0.39 is 17.6 Å². The van der Waals surface area contributed by atoms with E-state index in [4.69, 9.17) is 0 Å². The summed E-state index contributed by atoms with van der Waals surface area (Å²) in [4.78, 5) is 28.4. The molecule has 0 saturated heterocycles. The van der Waals surface area contributed by atoms with Crippen LogP contribution in [0, 0.1) is 6.92 Å². The van der Waals surface area contributed by atoms with Gasteiger partial charge < -0.3 is 4.74 Å². The third-order valence-electron chi connectivity index (χ3n) is 2.73. The van der Waals surface area contributed by atoms with Gasteiger partial charge in [0.1, 0.15) is 4.88 Å². The zero-order valence-corrected chi connectivity index (χ0v) is 13.8. The van der Waals surface area contributed by atoms with Crippen molar-refractivity contribution in [2.24, 2.45) is 0 Å². The van der Waals surface area contributed by atoms with Crippen LogP contribution in [0.25, 0.3) is 0 Å². The standard InChI is InChI=1S/C14H12F2N2O3S2/c1-7-10(12(20)21-2)23-14(17-7)18-11(19)8-3-5-9(6-4-8)22-13(15)16/h3-6,13H,1-2H3,(H,17,18,19). The van der Waals surface area contributed by atoms with Gasteiger partial charge in [-0.2, -0.15) is 8.78 Å². The summed E-state index contributed by atoms with van der Waals surface area (Å²) < 4.78 is 29.1. The molecule has 1 N–H and O–H groups in total. The molecule has 1 amide bonds. The molecule has 0 bridgehead atoms. The second-order valence-electron chi connectivity index (χ2n) is 4.28. The molecule has 0 aliphatic rings. The number of nitrogens with zero attached hydrogens (tertiary/aromatic N) is 1. The van der Waals surface area contributed by atoms with Crippen molar-refractivity contribution in [2.45, 2.75) is 17.6 Å². The molecule has 0 fully saturated rings. The molecule has 2 aromatic rings. The first-order valence-corrected chi connectivity index (χ1v) is 8.02. The number of carbonyl (C=O) groups is 2. The molecular weight excluding hydrogens is 346 g/mol. The van der Waals surface area contributed by atoms with E-state index in [1.54, 1.807) is 6.92 Å². The number of rotatable bonds is 5. The molecule has 1 aromatic heterocycles. The average Bonchev–Trinajstić information content (AvgIpc) is 2.87. The number of esters is 1. The molecule has 5 nitrogen and oxygen atoms in total. The highest BCUT2D eigenvalue weighted by Gasteiger charge is 2.17. The molecule has 0 spiro atoms. The van der Waals surface area contributed by atoms with Gasteiger partial charge in [-0.3, -0.25) is 10.1 Å². The molecule has 2 rings (SSSR count). The molecule has 122 valence electrons. The number of halogens is 2. The number of thioether (sulfide) groups is 1. The number of anilines is 1. The number of nitrogens with one attached hydrogen (secondary N) is 1. The summed E-state index contributed by atoms with van der Waals surface area (Å²) in [5.41, 5.74) is 0.761. The van der Waals surface area contributed by atoms with Crippen LogP contribution in [0.15, 0.2) is 29.2 Å². The van der Waals surface area contributed by atoms with Crippen LogP contribution in [0.1, 0.15) is 25.7 Å². The van der Waals surface area contributed by atoms with E-state index in [0.29, 0.717) is 32.8 Å². The maximum Gasteiger partial charge on any atom is 0.350 e. The SMILES string of the molecule is COC(=O)c1sc(NC(=O)c2ccc(SC(F)F)cc2)nc1C. The molecule has 0 unspecified atom stereocenters. The van der Waals surface area contributed by atoms with Crippen LogP contribution in [-0.4, -0.2) is 29.7 Å². The molecule has 0 saturated carbocycles. The summed E-state index contributed by atoms with van der Waals surface area (Å²) in [5, 5.41) is 2.83. The van der Waals surface area contributed by atoms with Gasteiger partial charge in [0, 0.05) is 10.5 Å². The van der Waals surface area contributed by atoms with Crippen molar-refractivity contribution in [2.75, 3.05) is 12.4 Å². The minimum absolute atomic E-state index is 0.263. The number of benzene rings is 1. The lowest BCUT2D eigenvalue weighted by molar-refractivity contribution is 0.0605. The highest BCUT2D eigenvalue weighted by Crippen LogP contribution is 2.26. The maximum atomic E-state index is 12.2. The number of thiazole rings is 1.